The molecule has 4 aromatic rings. The first-order chi connectivity index (χ1) is 17.5. The second kappa shape index (κ2) is 9.70. The Labute approximate surface area is 210 Å². The number of carbonyl (C=O) groups excluding carboxylic acids is 2. The van der Waals surface area contributed by atoms with Crippen LogP contribution in [0.25, 0.3) is 11.3 Å². The lowest BCUT2D eigenvalue weighted by atomic mass is 9.94. The molecule has 0 aliphatic carbocycles. The summed E-state index contributed by atoms with van der Waals surface area (Å²) in [6.07, 6.45) is 0. The van der Waals surface area contributed by atoms with E-state index >= 15 is 0 Å². The zero-order chi connectivity index (χ0) is 25.1. The van der Waals surface area contributed by atoms with Crippen LogP contribution in [0.2, 0.25) is 0 Å². The summed E-state index contributed by atoms with van der Waals surface area (Å²) < 4.78 is 6.91. The van der Waals surface area contributed by atoms with Gasteiger partial charge in [0.1, 0.15) is 17.0 Å². The summed E-state index contributed by atoms with van der Waals surface area (Å²) in [5.74, 6) is 0.299. The van der Waals surface area contributed by atoms with E-state index in [9.17, 15) is 9.59 Å². The summed E-state index contributed by atoms with van der Waals surface area (Å²) in [7, 11) is 1.62. The molecule has 1 aliphatic rings. The van der Waals surface area contributed by atoms with Crippen LogP contribution >= 0.6 is 0 Å². The molecule has 1 aromatic heterocycles. The van der Waals surface area contributed by atoms with Crippen LogP contribution < -0.4 is 10.1 Å². The minimum absolute atomic E-state index is 0.220. The smallest absolute Gasteiger partial charge is 0.273 e. The van der Waals surface area contributed by atoms with Gasteiger partial charge in [-0.3, -0.25) is 14.3 Å². The zero-order valence-electron chi connectivity index (χ0n) is 20.3. The van der Waals surface area contributed by atoms with Gasteiger partial charge in [-0.25, -0.2) is 0 Å². The number of hydrogen-bond acceptors (Lipinski definition) is 4. The van der Waals surface area contributed by atoms with Crippen molar-refractivity contribution in [2.24, 2.45) is 0 Å². The minimum Gasteiger partial charge on any atom is -0.497 e. The maximum Gasteiger partial charge on any atom is 0.273 e. The molecule has 1 N–H and O–H groups in total. The number of hydrogen-bond donors (Lipinski definition) is 1. The van der Waals surface area contributed by atoms with E-state index in [2.05, 4.69) is 5.32 Å². The molecule has 36 heavy (non-hydrogen) atoms. The molecule has 0 saturated carbocycles. The van der Waals surface area contributed by atoms with Crippen molar-refractivity contribution in [1.29, 1.82) is 0 Å². The topological polar surface area (TPSA) is 76.5 Å². The highest BCUT2D eigenvalue weighted by Crippen LogP contribution is 2.32. The molecule has 182 valence electrons. The second-order valence-electron chi connectivity index (χ2n) is 9.12. The quantitative estimate of drug-likeness (QED) is 0.428. The third-order valence-electron chi connectivity index (χ3n) is 6.65. The van der Waals surface area contributed by atoms with Crippen molar-refractivity contribution in [3.63, 3.8) is 0 Å². The fourth-order valence-corrected chi connectivity index (χ4v) is 4.53. The monoisotopic (exact) mass is 480 g/mol. The number of aromatic nitrogens is 2. The fourth-order valence-electron chi connectivity index (χ4n) is 4.53. The van der Waals surface area contributed by atoms with Crippen molar-refractivity contribution < 1.29 is 14.3 Å². The summed E-state index contributed by atoms with van der Waals surface area (Å²) in [6.45, 7) is 2.76. The molecule has 0 spiro atoms. The number of fused-ring (bicyclic) bond motifs is 1. The number of benzene rings is 3. The Morgan fingerprint density at radius 1 is 0.972 bits per heavy atom. The fraction of sp³-hybridized carbons (Fsp3) is 0.207. The largest absolute Gasteiger partial charge is 0.497 e. The Balaban J connectivity index is 1.48. The molecule has 1 aliphatic heterocycles. The summed E-state index contributed by atoms with van der Waals surface area (Å²) >= 11 is 0. The van der Waals surface area contributed by atoms with Crippen molar-refractivity contribution >= 4 is 11.8 Å². The van der Waals surface area contributed by atoms with E-state index in [1.165, 1.54) is 0 Å². The van der Waals surface area contributed by atoms with E-state index in [0.717, 1.165) is 22.4 Å². The van der Waals surface area contributed by atoms with Crippen LogP contribution in [0.1, 0.15) is 28.5 Å². The van der Waals surface area contributed by atoms with Crippen LogP contribution in [0.4, 0.5) is 0 Å². The van der Waals surface area contributed by atoms with Gasteiger partial charge in [0, 0.05) is 18.7 Å². The first-order valence-electron chi connectivity index (χ1n) is 11.9. The molecule has 0 saturated heterocycles. The average Bonchev–Trinajstić information content (AvgIpc) is 3.34. The molecule has 2 amide bonds. The van der Waals surface area contributed by atoms with Gasteiger partial charge in [-0.2, -0.15) is 5.10 Å². The van der Waals surface area contributed by atoms with Crippen LogP contribution in [-0.4, -0.2) is 39.1 Å². The Kier molecular flexibility index (Phi) is 6.29. The normalized spacial score (nSPS) is 16.9. The van der Waals surface area contributed by atoms with Crippen molar-refractivity contribution in [3.05, 3.63) is 108 Å². The third kappa shape index (κ3) is 4.47. The van der Waals surface area contributed by atoms with Gasteiger partial charge in [-0.15, -0.1) is 0 Å². The lowest BCUT2D eigenvalue weighted by Crippen LogP contribution is -2.63. The van der Waals surface area contributed by atoms with Crippen LogP contribution in [0.3, 0.4) is 0 Å². The predicted octanol–water partition coefficient (Wildman–Crippen LogP) is 4.29. The molecule has 2 heterocycles. The summed E-state index contributed by atoms with van der Waals surface area (Å²) in [4.78, 5) is 29.1. The van der Waals surface area contributed by atoms with Crippen LogP contribution in [-0.2, 0) is 24.4 Å². The van der Waals surface area contributed by atoms with Gasteiger partial charge in [0.25, 0.3) is 5.91 Å². The number of amides is 2. The van der Waals surface area contributed by atoms with Crippen LogP contribution in [0.5, 0.6) is 5.75 Å². The number of rotatable bonds is 7. The molecule has 1 unspecified atom stereocenters. The van der Waals surface area contributed by atoms with Crippen molar-refractivity contribution in [2.75, 3.05) is 7.11 Å². The lowest BCUT2D eigenvalue weighted by Gasteiger charge is -2.43. The van der Waals surface area contributed by atoms with E-state index in [0.29, 0.717) is 24.5 Å². The van der Waals surface area contributed by atoms with Gasteiger partial charge in [0.2, 0.25) is 5.91 Å². The van der Waals surface area contributed by atoms with Crippen molar-refractivity contribution in [3.8, 4) is 17.0 Å². The zero-order valence-corrected chi connectivity index (χ0v) is 20.3. The van der Waals surface area contributed by atoms with Gasteiger partial charge >= 0.3 is 0 Å². The maximum atomic E-state index is 13.8. The van der Waals surface area contributed by atoms with Gasteiger partial charge in [0.05, 0.1) is 19.3 Å². The molecule has 0 fully saturated rings. The number of methoxy groups -OCH3 is 1. The predicted molar refractivity (Wildman–Crippen MR) is 137 cm³/mol. The van der Waals surface area contributed by atoms with E-state index in [4.69, 9.17) is 9.84 Å². The maximum absolute atomic E-state index is 13.8. The Bertz CT molecular complexity index is 1370. The standard InChI is InChI=1S/C29H28N4O3/c1-29(28(35)30-18-21-9-5-3-6-10-21)20-33-26(27(34)32(29)19-22-11-7-4-8-12-22)17-25(31-33)23-13-15-24(36-2)16-14-23/h3-17H,18-20H2,1-2H3,(H,30,35). The number of nitrogens with one attached hydrogen (secondary N) is 1. The first kappa shape index (κ1) is 23.4. The van der Waals surface area contributed by atoms with Crippen molar-refractivity contribution in [1.82, 2.24) is 20.0 Å². The average molecular weight is 481 g/mol. The first-order valence-corrected chi connectivity index (χ1v) is 11.9. The van der Waals surface area contributed by atoms with Crippen LogP contribution in [0.15, 0.2) is 91.0 Å². The highest BCUT2D eigenvalue weighted by atomic mass is 16.5. The minimum atomic E-state index is -1.13. The molecule has 5 rings (SSSR count). The number of carbonyl (C=O) groups is 2. The second-order valence-corrected chi connectivity index (χ2v) is 9.12. The Morgan fingerprint density at radius 2 is 1.61 bits per heavy atom. The van der Waals surface area contributed by atoms with Crippen molar-refractivity contribution in [2.45, 2.75) is 32.1 Å². The van der Waals surface area contributed by atoms with Gasteiger partial charge in [-0.1, -0.05) is 60.7 Å². The lowest BCUT2D eigenvalue weighted by molar-refractivity contribution is -0.133. The van der Waals surface area contributed by atoms with E-state index < -0.39 is 5.54 Å². The van der Waals surface area contributed by atoms with E-state index in [1.54, 1.807) is 22.8 Å². The van der Waals surface area contributed by atoms with Crippen LogP contribution in [0, 0.1) is 0 Å². The molecule has 0 radical (unpaired) electrons. The molecule has 3 aromatic carbocycles. The van der Waals surface area contributed by atoms with Gasteiger partial charge in [-0.05, 0) is 48.4 Å². The Hall–Kier alpha value is -4.39. The molecule has 0 bridgehead atoms. The Morgan fingerprint density at radius 3 is 2.25 bits per heavy atom. The van der Waals surface area contributed by atoms with E-state index in [-0.39, 0.29) is 18.4 Å². The number of ether oxygens (including phenoxy) is 1. The van der Waals surface area contributed by atoms with E-state index in [1.807, 2.05) is 91.9 Å². The third-order valence-corrected chi connectivity index (χ3v) is 6.65. The number of nitrogens with zero attached hydrogens (tertiary/aromatic N) is 3. The summed E-state index contributed by atoms with van der Waals surface area (Å²) in [5, 5.41) is 7.75. The highest BCUT2D eigenvalue weighted by Gasteiger charge is 2.47. The molecular weight excluding hydrogens is 452 g/mol. The molecule has 1 atom stereocenters. The summed E-state index contributed by atoms with van der Waals surface area (Å²) in [5.41, 5.74) is 2.83. The van der Waals surface area contributed by atoms with Gasteiger partial charge in [0.15, 0.2) is 0 Å². The SMILES string of the molecule is COc1ccc(-c2cc3n(n2)CC(C)(C(=O)NCc2ccccc2)N(Cc2ccccc2)C3=O)cc1. The summed E-state index contributed by atoms with van der Waals surface area (Å²) in [6, 6.07) is 28.8. The highest BCUT2D eigenvalue weighted by molar-refractivity contribution is 6.00. The molecular formula is C29H28N4O3. The molecule has 7 heteroatoms. The van der Waals surface area contributed by atoms with Gasteiger partial charge < -0.3 is 15.0 Å². The molecule has 7 nitrogen and oxygen atoms in total.